The van der Waals surface area contributed by atoms with Crippen LogP contribution in [0.15, 0.2) is 0 Å². The zero-order chi connectivity index (χ0) is 10.6. The van der Waals surface area contributed by atoms with Crippen molar-refractivity contribution in [3.8, 4) is 0 Å². The van der Waals surface area contributed by atoms with Gasteiger partial charge in [0, 0.05) is 19.6 Å². The fourth-order valence-electron chi connectivity index (χ4n) is 1.14. The van der Waals surface area contributed by atoms with Gasteiger partial charge >= 0.3 is 0 Å². The molecule has 84 valence electrons. The van der Waals surface area contributed by atoms with E-state index >= 15 is 0 Å². The minimum atomic E-state index is -0.125. The molecule has 14 heavy (non-hydrogen) atoms. The molecule has 1 amide bonds. The predicted octanol–water partition coefficient (Wildman–Crippen LogP) is 1.35. The topological polar surface area (TPSA) is 64.3 Å². The van der Waals surface area contributed by atoms with E-state index in [1.54, 1.807) is 0 Å². The van der Waals surface area contributed by atoms with Gasteiger partial charge < -0.3 is 4.74 Å². The van der Waals surface area contributed by atoms with Crippen molar-refractivity contribution in [1.29, 1.82) is 0 Å². The summed E-state index contributed by atoms with van der Waals surface area (Å²) in [7, 11) is 0. The van der Waals surface area contributed by atoms with E-state index in [2.05, 4.69) is 12.3 Å². The maximum atomic E-state index is 10.7. The predicted molar refractivity (Wildman–Crippen MR) is 56.5 cm³/mol. The molecule has 0 spiro atoms. The molecule has 0 atom stereocenters. The first-order valence-corrected chi connectivity index (χ1v) is 5.38. The summed E-state index contributed by atoms with van der Waals surface area (Å²) in [6, 6.07) is 0. The SMILES string of the molecule is CCCCCCOCCCC(=O)NN. The Kier molecular flexibility index (Phi) is 10.0. The van der Waals surface area contributed by atoms with Crippen LogP contribution < -0.4 is 11.3 Å². The van der Waals surface area contributed by atoms with Crippen molar-refractivity contribution in [3.63, 3.8) is 0 Å². The number of nitrogens with two attached hydrogens (primary N) is 1. The van der Waals surface area contributed by atoms with E-state index in [-0.39, 0.29) is 5.91 Å². The third kappa shape index (κ3) is 9.48. The molecule has 0 radical (unpaired) electrons. The quantitative estimate of drug-likeness (QED) is 0.257. The van der Waals surface area contributed by atoms with E-state index in [9.17, 15) is 4.79 Å². The van der Waals surface area contributed by atoms with Gasteiger partial charge in [-0.25, -0.2) is 5.84 Å². The summed E-state index contributed by atoms with van der Waals surface area (Å²) in [6.07, 6.45) is 6.08. The van der Waals surface area contributed by atoms with Crippen molar-refractivity contribution in [1.82, 2.24) is 5.43 Å². The Balaban J connectivity index is 2.95. The third-order valence-corrected chi connectivity index (χ3v) is 2.00. The Labute approximate surface area is 86.2 Å². The van der Waals surface area contributed by atoms with Crippen LogP contribution in [0.4, 0.5) is 0 Å². The summed E-state index contributed by atoms with van der Waals surface area (Å²) in [4.78, 5) is 10.7. The van der Waals surface area contributed by atoms with Gasteiger partial charge in [0.25, 0.3) is 0 Å². The van der Waals surface area contributed by atoms with Gasteiger partial charge in [0.2, 0.25) is 5.91 Å². The summed E-state index contributed by atoms with van der Waals surface area (Å²) >= 11 is 0. The van der Waals surface area contributed by atoms with Gasteiger partial charge in [-0.15, -0.1) is 0 Å². The highest BCUT2D eigenvalue weighted by molar-refractivity contribution is 5.75. The van der Waals surface area contributed by atoms with E-state index in [0.29, 0.717) is 13.0 Å². The highest BCUT2D eigenvalue weighted by Crippen LogP contribution is 1.99. The molecule has 0 aliphatic rings. The van der Waals surface area contributed by atoms with Crippen LogP contribution in [0.25, 0.3) is 0 Å². The second kappa shape index (κ2) is 10.5. The average molecular weight is 202 g/mol. The number of amides is 1. The Hall–Kier alpha value is -0.610. The van der Waals surface area contributed by atoms with Crippen LogP contribution in [0.1, 0.15) is 45.4 Å². The average Bonchev–Trinajstić information content (AvgIpc) is 2.21. The summed E-state index contributed by atoms with van der Waals surface area (Å²) in [5.41, 5.74) is 2.09. The molecule has 0 bridgehead atoms. The molecule has 0 heterocycles. The van der Waals surface area contributed by atoms with Crippen molar-refractivity contribution >= 4 is 5.91 Å². The highest BCUT2D eigenvalue weighted by atomic mass is 16.5. The second-order valence-electron chi connectivity index (χ2n) is 3.34. The first-order chi connectivity index (χ1) is 6.81. The number of unbranched alkanes of at least 4 members (excludes halogenated alkanes) is 3. The van der Waals surface area contributed by atoms with Gasteiger partial charge in [-0.3, -0.25) is 10.2 Å². The number of ether oxygens (including phenoxy) is 1. The molecule has 3 N–H and O–H groups in total. The minimum Gasteiger partial charge on any atom is -0.381 e. The second-order valence-corrected chi connectivity index (χ2v) is 3.34. The first kappa shape index (κ1) is 13.4. The number of hydrazine groups is 1. The Morgan fingerprint density at radius 1 is 1.21 bits per heavy atom. The van der Waals surface area contributed by atoms with Crippen molar-refractivity contribution in [2.45, 2.75) is 45.4 Å². The van der Waals surface area contributed by atoms with Gasteiger partial charge in [-0.1, -0.05) is 26.2 Å². The van der Waals surface area contributed by atoms with Gasteiger partial charge in [0.05, 0.1) is 0 Å². The van der Waals surface area contributed by atoms with Crippen LogP contribution in [-0.2, 0) is 9.53 Å². The Morgan fingerprint density at radius 2 is 1.93 bits per heavy atom. The fourth-order valence-corrected chi connectivity index (χ4v) is 1.14. The Bertz CT molecular complexity index is 140. The van der Waals surface area contributed by atoms with E-state index in [4.69, 9.17) is 10.6 Å². The van der Waals surface area contributed by atoms with E-state index in [1.165, 1.54) is 19.3 Å². The lowest BCUT2D eigenvalue weighted by Gasteiger charge is -2.03. The molecule has 0 aromatic rings. The first-order valence-electron chi connectivity index (χ1n) is 5.38. The van der Waals surface area contributed by atoms with Crippen LogP contribution in [0.2, 0.25) is 0 Å². The molecule has 0 rings (SSSR count). The lowest BCUT2D eigenvalue weighted by atomic mass is 10.2. The standard InChI is InChI=1S/C10H22N2O2/c1-2-3-4-5-8-14-9-6-7-10(13)12-11/h2-9,11H2,1H3,(H,12,13). The molecule has 0 unspecified atom stereocenters. The summed E-state index contributed by atoms with van der Waals surface area (Å²) < 4.78 is 5.35. The molecule has 4 heteroatoms. The van der Waals surface area contributed by atoms with Crippen molar-refractivity contribution in [2.24, 2.45) is 5.84 Å². The molecular weight excluding hydrogens is 180 g/mol. The molecular formula is C10H22N2O2. The van der Waals surface area contributed by atoms with Crippen LogP contribution in [-0.4, -0.2) is 19.1 Å². The van der Waals surface area contributed by atoms with Crippen LogP contribution >= 0.6 is 0 Å². The smallest absolute Gasteiger partial charge is 0.233 e. The summed E-state index contributed by atoms with van der Waals surface area (Å²) in [5, 5.41) is 0. The van der Waals surface area contributed by atoms with Crippen LogP contribution in [0.3, 0.4) is 0 Å². The molecule has 4 nitrogen and oxygen atoms in total. The van der Waals surface area contributed by atoms with Crippen LogP contribution in [0.5, 0.6) is 0 Å². The van der Waals surface area contributed by atoms with E-state index in [0.717, 1.165) is 19.4 Å². The number of hydrogen-bond donors (Lipinski definition) is 2. The number of rotatable bonds is 9. The third-order valence-electron chi connectivity index (χ3n) is 2.00. The number of hydrogen-bond acceptors (Lipinski definition) is 3. The van der Waals surface area contributed by atoms with Crippen LogP contribution in [0, 0.1) is 0 Å². The van der Waals surface area contributed by atoms with Crippen molar-refractivity contribution < 1.29 is 9.53 Å². The highest BCUT2D eigenvalue weighted by Gasteiger charge is 1.97. The lowest BCUT2D eigenvalue weighted by Crippen LogP contribution is -2.29. The van der Waals surface area contributed by atoms with Gasteiger partial charge in [0.15, 0.2) is 0 Å². The van der Waals surface area contributed by atoms with Crippen molar-refractivity contribution in [2.75, 3.05) is 13.2 Å². The minimum absolute atomic E-state index is 0.125. The molecule has 0 saturated heterocycles. The molecule has 0 fully saturated rings. The maximum absolute atomic E-state index is 10.7. The molecule has 0 aromatic heterocycles. The molecule has 0 saturated carbocycles. The van der Waals surface area contributed by atoms with Gasteiger partial charge in [0.1, 0.15) is 0 Å². The number of nitrogens with one attached hydrogen (secondary N) is 1. The van der Waals surface area contributed by atoms with E-state index < -0.39 is 0 Å². The van der Waals surface area contributed by atoms with E-state index in [1.807, 2.05) is 0 Å². The van der Waals surface area contributed by atoms with Gasteiger partial charge in [-0.2, -0.15) is 0 Å². The molecule has 0 aromatic carbocycles. The molecule has 0 aliphatic carbocycles. The zero-order valence-electron chi connectivity index (χ0n) is 9.05. The monoisotopic (exact) mass is 202 g/mol. The zero-order valence-corrected chi connectivity index (χ0v) is 9.05. The Morgan fingerprint density at radius 3 is 2.57 bits per heavy atom. The fraction of sp³-hybridized carbons (Fsp3) is 0.900. The maximum Gasteiger partial charge on any atom is 0.233 e. The largest absolute Gasteiger partial charge is 0.381 e. The molecule has 0 aliphatic heterocycles. The number of carbonyl (C=O) groups excluding carboxylic acids is 1. The van der Waals surface area contributed by atoms with Crippen molar-refractivity contribution in [3.05, 3.63) is 0 Å². The summed E-state index contributed by atoms with van der Waals surface area (Å²) in [6.45, 7) is 3.65. The van der Waals surface area contributed by atoms with Gasteiger partial charge in [-0.05, 0) is 12.8 Å². The number of carbonyl (C=O) groups is 1. The summed E-state index contributed by atoms with van der Waals surface area (Å²) in [5.74, 6) is 4.80. The normalized spacial score (nSPS) is 10.1. The lowest BCUT2D eigenvalue weighted by molar-refractivity contribution is -0.121.